The first-order valence-electron chi connectivity index (χ1n) is 10.7. The first kappa shape index (κ1) is 21.7. The van der Waals surface area contributed by atoms with E-state index in [1.54, 1.807) is 34.7 Å². The number of nitrogens with zero attached hydrogens (tertiary/aromatic N) is 4. The molecule has 0 aliphatic carbocycles. The summed E-state index contributed by atoms with van der Waals surface area (Å²) in [4.78, 5) is 24.4. The van der Waals surface area contributed by atoms with Gasteiger partial charge in [-0.25, -0.2) is 14.3 Å². The number of amides is 1. The van der Waals surface area contributed by atoms with E-state index in [2.05, 4.69) is 44.9 Å². The van der Waals surface area contributed by atoms with Gasteiger partial charge in [-0.1, -0.05) is 0 Å². The predicted molar refractivity (Wildman–Crippen MR) is 132 cm³/mol. The lowest BCUT2D eigenvalue weighted by atomic mass is 10.0. The molecular formula is C23H24N6O2S2. The summed E-state index contributed by atoms with van der Waals surface area (Å²) in [6.07, 6.45) is 3.31. The Bertz CT molecular complexity index is 1270. The molecule has 0 spiro atoms. The molecule has 5 rings (SSSR count). The zero-order valence-electron chi connectivity index (χ0n) is 18.2. The fourth-order valence-electron chi connectivity index (χ4n) is 4.12. The summed E-state index contributed by atoms with van der Waals surface area (Å²) in [7, 11) is 0. The highest BCUT2D eigenvalue weighted by molar-refractivity contribution is 7.16. The number of anilines is 3. The molecule has 1 fully saturated rings. The monoisotopic (exact) mass is 480 g/mol. The molecule has 4 heterocycles. The van der Waals surface area contributed by atoms with Gasteiger partial charge in [0.2, 0.25) is 0 Å². The highest BCUT2D eigenvalue weighted by Gasteiger charge is 2.37. The van der Waals surface area contributed by atoms with Crippen LogP contribution in [0, 0.1) is 0 Å². The highest BCUT2D eigenvalue weighted by atomic mass is 32.1. The molecule has 8 nitrogen and oxygen atoms in total. The quantitative estimate of drug-likeness (QED) is 0.369. The van der Waals surface area contributed by atoms with Crippen molar-refractivity contribution >= 4 is 56.2 Å². The molecule has 2 atom stereocenters. The van der Waals surface area contributed by atoms with Crippen LogP contribution in [0.3, 0.4) is 0 Å². The number of carbonyl (C=O) groups is 1. The standard InChI is InChI=1S/C23H24N6O2S2/c1-13(2)27-18-9-22(28-14-3-4-17-21(7-14)32-12-25-17)24-10-16(18)19-8-15(30)11-29(19)23(31)20-5-6-26-33-20/h3-7,9-10,12-13,15,19,30H,8,11H2,1-2H3,(H2,24,27,28)/t15-,19?/m0/s1. The van der Waals surface area contributed by atoms with Crippen molar-refractivity contribution in [2.24, 2.45) is 0 Å². The third-order valence-electron chi connectivity index (χ3n) is 5.53. The SMILES string of the molecule is CC(C)Nc1cc(Nc2ccc3ncsc3c2)ncc1C1C[C@H](O)CN1C(=O)c1ccns1. The fraction of sp³-hybridized carbons (Fsp3) is 0.304. The minimum atomic E-state index is -0.581. The van der Waals surface area contributed by atoms with Gasteiger partial charge in [0.15, 0.2) is 0 Å². The van der Waals surface area contributed by atoms with Crippen molar-refractivity contribution in [1.82, 2.24) is 19.2 Å². The van der Waals surface area contributed by atoms with Gasteiger partial charge in [0.05, 0.1) is 27.9 Å². The summed E-state index contributed by atoms with van der Waals surface area (Å²) in [5.74, 6) is 0.583. The number of nitrogens with one attached hydrogen (secondary N) is 2. The van der Waals surface area contributed by atoms with E-state index in [1.165, 1.54) is 11.5 Å². The van der Waals surface area contributed by atoms with Gasteiger partial charge in [0.1, 0.15) is 10.7 Å². The minimum absolute atomic E-state index is 0.116. The summed E-state index contributed by atoms with van der Waals surface area (Å²) in [6, 6.07) is 9.62. The van der Waals surface area contributed by atoms with E-state index in [0.29, 0.717) is 17.1 Å². The molecule has 3 aromatic heterocycles. The Kier molecular flexibility index (Phi) is 5.96. The van der Waals surface area contributed by atoms with Crippen LogP contribution in [0.15, 0.2) is 48.2 Å². The number of β-amino-alcohol motifs (C(OH)–C–C–N with tert-alkyl or cyclic N) is 1. The molecule has 10 heteroatoms. The van der Waals surface area contributed by atoms with Crippen LogP contribution in [-0.2, 0) is 0 Å². The number of rotatable bonds is 6. The van der Waals surface area contributed by atoms with Crippen molar-refractivity contribution in [3.8, 4) is 0 Å². The van der Waals surface area contributed by atoms with Crippen molar-refractivity contribution < 1.29 is 9.90 Å². The van der Waals surface area contributed by atoms with Crippen LogP contribution in [0.1, 0.15) is 41.5 Å². The van der Waals surface area contributed by atoms with Gasteiger partial charge in [-0.3, -0.25) is 4.79 Å². The Hall–Kier alpha value is -3.08. The Labute approximate surface area is 199 Å². The average Bonchev–Trinajstić information content (AvgIpc) is 3.54. The van der Waals surface area contributed by atoms with Crippen LogP contribution in [0.25, 0.3) is 10.2 Å². The van der Waals surface area contributed by atoms with Gasteiger partial charge in [-0.15, -0.1) is 11.3 Å². The molecule has 1 amide bonds. The second-order valence-corrected chi connectivity index (χ2v) is 10.1. The van der Waals surface area contributed by atoms with Crippen LogP contribution < -0.4 is 10.6 Å². The first-order valence-corrected chi connectivity index (χ1v) is 12.4. The van der Waals surface area contributed by atoms with Gasteiger partial charge in [-0.2, -0.15) is 0 Å². The van der Waals surface area contributed by atoms with Crippen molar-refractivity contribution in [1.29, 1.82) is 0 Å². The number of aromatic nitrogens is 3. The molecule has 1 unspecified atom stereocenters. The number of hydrogen-bond acceptors (Lipinski definition) is 9. The van der Waals surface area contributed by atoms with Crippen molar-refractivity contribution in [3.63, 3.8) is 0 Å². The average molecular weight is 481 g/mol. The summed E-state index contributed by atoms with van der Waals surface area (Å²) in [6.45, 7) is 4.43. The normalized spacial score (nSPS) is 18.2. The number of carbonyl (C=O) groups excluding carboxylic acids is 1. The summed E-state index contributed by atoms with van der Waals surface area (Å²) < 4.78 is 5.16. The molecule has 1 saturated heterocycles. The van der Waals surface area contributed by atoms with Crippen LogP contribution in [0.2, 0.25) is 0 Å². The third kappa shape index (κ3) is 4.54. The summed E-state index contributed by atoms with van der Waals surface area (Å²) >= 11 is 2.76. The maximum atomic E-state index is 13.1. The second kappa shape index (κ2) is 9.05. The van der Waals surface area contributed by atoms with E-state index in [1.807, 2.05) is 23.7 Å². The van der Waals surface area contributed by atoms with E-state index < -0.39 is 6.10 Å². The lowest BCUT2D eigenvalue weighted by molar-refractivity contribution is 0.0721. The van der Waals surface area contributed by atoms with Crippen LogP contribution in [0.4, 0.5) is 17.2 Å². The number of pyridine rings is 1. The maximum Gasteiger partial charge on any atom is 0.266 e. The molecule has 4 aromatic rings. The number of likely N-dealkylation sites (tertiary alicyclic amines) is 1. The number of aliphatic hydroxyl groups excluding tert-OH is 1. The van der Waals surface area contributed by atoms with E-state index in [-0.39, 0.29) is 24.5 Å². The summed E-state index contributed by atoms with van der Waals surface area (Å²) in [5.41, 5.74) is 5.52. The molecule has 1 aliphatic heterocycles. The van der Waals surface area contributed by atoms with Gasteiger partial charge in [0.25, 0.3) is 5.91 Å². The molecule has 1 aromatic carbocycles. The largest absolute Gasteiger partial charge is 0.391 e. The molecule has 33 heavy (non-hydrogen) atoms. The first-order chi connectivity index (χ1) is 16.0. The lowest BCUT2D eigenvalue weighted by Crippen LogP contribution is -2.31. The third-order valence-corrected chi connectivity index (χ3v) is 7.06. The molecule has 3 N–H and O–H groups in total. The minimum Gasteiger partial charge on any atom is -0.391 e. The second-order valence-electron chi connectivity index (χ2n) is 8.36. The number of thiazole rings is 1. The highest BCUT2D eigenvalue weighted by Crippen LogP contribution is 2.38. The zero-order chi connectivity index (χ0) is 22.9. The van der Waals surface area contributed by atoms with E-state index in [9.17, 15) is 9.90 Å². The predicted octanol–water partition coefficient (Wildman–Crippen LogP) is 4.66. The van der Waals surface area contributed by atoms with E-state index in [0.717, 1.165) is 27.2 Å². The van der Waals surface area contributed by atoms with Crippen molar-refractivity contribution in [2.75, 3.05) is 17.2 Å². The number of hydrogen-bond donors (Lipinski definition) is 3. The van der Waals surface area contributed by atoms with Crippen molar-refractivity contribution in [3.05, 3.63) is 58.7 Å². The Morgan fingerprint density at radius 3 is 2.91 bits per heavy atom. The van der Waals surface area contributed by atoms with E-state index in [4.69, 9.17) is 0 Å². The van der Waals surface area contributed by atoms with Gasteiger partial charge in [-0.05, 0) is 56.1 Å². The summed E-state index contributed by atoms with van der Waals surface area (Å²) in [5, 5.41) is 17.3. The molecule has 0 bridgehead atoms. The van der Waals surface area contributed by atoms with Crippen LogP contribution >= 0.6 is 22.9 Å². The van der Waals surface area contributed by atoms with Gasteiger partial charge >= 0.3 is 0 Å². The molecular weight excluding hydrogens is 456 g/mol. The Morgan fingerprint density at radius 1 is 1.24 bits per heavy atom. The Balaban J connectivity index is 1.46. The molecule has 170 valence electrons. The van der Waals surface area contributed by atoms with Crippen molar-refractivity contribution in [2.45, 2.75) is 38.5 Å². The lowest BCUT2D eigenvalue weighted by Gasteiger charge is -2.27. The number of aliphatic hydroxyl groups is 1. The van der Waals surface area contributed by atoms with Gasteiger partial charge < -0.3 is 20.6 Å². The topological polar surface area (TPSA) is 103 Å². The van der Waals surface area contributed by atoms with Crippen LogP contribution in [0.5, 0.6) is 0 Å². The fourth-order valence-corrected chi connectivity index (χ4v) is 5.39. The smallest absolute Gasteiger partial charge is 0.266 e. The maximum absolute atomic E-state index is 13.1. The molecule has 1 aliphatic rings. The molecule has 0 radical (unpaired) electrons. The number of fused-ring (bicyclic) bond motifs is 1. The Morgan fingerprint density at radius 2 is 2.12 bits per heavy atom. The number of benzene rings is 1. The van der Waals surface area contributed by atoms with Gasteiger partial charge in [0, 0.05) is 48.0 Å². The zero-order valence-corrected chi connectivity index (χ0v) is 19.9. The van der Waals surface area contributed by atoms with E-state index >= 15 is 0 Å². The van der Waals surface area contributed by atoms with Crippen LogP contribution in [-0.4, -0.2) is 48.9 Å². The molecule has 0 saturated carbocycles.